The predicted molar refractivity (Wildman–Crippen MR) is 98.3 cm³/mol. The van der Waals surface area contributed by atoms with Gasteiger partial charge in [0.2, 0.25) is 0 Å². The van der Waals surface area contributed by atoms with Gasteiger partial charge in [0.05, 0.1) is 5.69 Å². The van der Waals surface area contributed by atoms with E-state index in [9.17, 15) is 0 Å². The molecule has 2 heteroatoms. The van der Waals surface area contributed by atoms with Crippen molar-refractivity contribution in [2.75, 3.05) is 0 Å². The van der Waals surface area contributed by atoms with Gasteiger partial charge in [-0.25, -0.2) is 9.97 Å². The Labute approximate surface area is 141 Å². The van der Waals surface area contributed by atoms with E-state index in [0.29, 0.717) is 0 Å². The van der Waals surface area contributed by atoms with E-state index in [-0.39, 0.29) is 0 Å². The summed E-state index contributed by atoms with van der Waals surface area (Å²) in [4.78, 5) is 9.09. The highest BCUT2D eigenvalue weighted by molar-refractivity contribution is 5.69. The van der Waals surface area contributed by atoms with Gasteiger partial charge in [0.25, 0.3) is 0 Å². The zero-order valence-corrected chi connectivity index (χ0v) is 13.1. The van der Waals surface area contributed by atoms with E-state index in [1.54, 1.807) is 0 Å². The second kappa shape index (κ2) is 6.47. The van der Waals surface area contributed by atoms with Crippen LogP contribution in [-0.2, 0) is 0 Å². The summed E-state index contributed by atoms with van der Waals surface area (Å²) in [5.41, 5.74) is 5.48. The van der Waals surface area contributed by atoms with Crippen molar-refractivity contribution in [1.29, 1.82) is 0 Å². The number of nitrogens with zero attached hydrogens (tertiary/aromatic N) is 2. The molecule has 0 saturated heterocycles. The molecule has 1 heterocycles. The number of hydrogen-bond donors (Lipinski definition) is 0. The summed E-state index contributed by atoms with van der Waals surface area (Å²) in [6.07, 6.45) is 1.82. The molecule has 4 rings (SSSR count). The van der Waals surface area contributed by atoms with E-state index in [2.05, 4.69) is 53.5 Å². The summed E-state index contributed by atoms with van der Waals surface area (Å²) in [5.74, 6) is 0.750. The first-order chi connectivity index (χ1) is 11.9. The number of hydrogen-bond acceptors (Lipinski definition) is 2. The normalized spacial score (nSPS) is 10.5. The van der Waals surface area contributed by atoms with Crippen LogP contribution in [0.2, 0.25) is 0 Å². The van der Waals surface area contributed by atoms with Gasteiger partial charge in [0, 0.05) is 17.3 Å². The highest BCUT2D eigenvalue weighted by Gasteiger charge is 2.05. The van der Waals surface area contributed by atoms with Crippen molar-refractivity contribution in [3.05, 3.63) is 97.2 Å². The summed E-state index contributed by atoms with van der Waals surface area (Å²) in [7, 11) is 0. The number of rotatable bonds is 3. The van der Waals surface area contributed by atoms with E-state index < -0.39 is 0 Å². The zero-order chi connectivity index (χ0) is 16.2. The second-order valence-electron chi connectivity index (χ2n) is 5.57. The number of aromatic nitrogens is 2. The molecule has 3 aromatic carbocycles. The average Bonchev–Trinajstić information content (AvgIpc) is 2.70. The molecule has 24 heavy (non-hydrogen) atoms. The van der Waals surface area contributed by atoms with Crippen LogP contribution < -0.4 is 0 Å². The smallest absolute Gasteiger partial charge is 0.159 e. The fourth-order valence-electron chi connectivity index (χ4n) is 2.71. The molecule has 0 bridgehead atoms. The molecule has 0 amide bonds. The molecule has 0 aliphatic rings. The molecule has 0 aliphatic carbocycles. The lowest BCUT2D eigenvalue weighted by Gasteiger charge is -2.06. The summed E-state index contributed by atoms with van der Waals surface area (Å²) >= 11 is 0. The maximum absolute atomic E-state index is 4.70. The third kappa shape index (κ3) is 2.95. The Kier molecular flexibility index (Phi) is 3.86. The Balaban J connectivity index is 1.67. The van der Waals surface area contributed by atoms with Crippen LogP contribution in [0.5, 0.6) is 0 Å². The SMILES string of the molecule is c1ccc(-c2ccc(-c3ccnc(-c4ccccc4)n3)cc2)cc1. The van der Waals surface area contributed by atoms with Gasteiger partial charge in [0.1, 0.15) is 0 Å². The Morgan fingerprint density at radius 3 is 1.67 bits per heavy atom. The number of benzene rings is 3. The lowest BCUT2D eigenvalue weighted by Crippen LogP contribution is -1.91. The van der Waals surface area contributed by atoms with E-state index in [0.717, 1.165) is 22.6 Å². The van der Waals surface area contributed by atoms with Crippen LogP contribution in [0.1, 0.15) is 0 Å². The molecule has 114 valence electrons. The van der Waals surface area contributed by atoms with E-state index in [1.807, 2.05) is 48.7 Å². The topological polar surface area (TPSA) is 25.8 Å². The lowest BCUT2D eigenvalue weighted by atomic mass is 10.0. The van der Waals surface area contributed by atoms with Crippen LogP contribution in [0, 0.1) is 0 Å². The molecule has 0 atom stereocenters. The Hall–Kier alpha value is -3.26. The molecule has 0 N–H and O–H groups in total. The quantitative estimate of drug-likeness (QED) is 0.501. The van der Waals surface area contributed by atoms with Gasteiger partial charge in [-0.15, -0.1) is 0 Å². The molecular weight excluding hydrogens is 292 g/mol. The minimum atomic E-state index is 0.750. The first kappa shape index (κ1) is 14.3. The largest absolute Gasteiger partial charge is 0.237 e. The molecule has 0 radical (unpaired) electrons. The molecule has 0 unspecified atom stereocenters. The highest BCUT2D eigenvalue weighted by Crippen LogP contribution is 2.24. The van der Waals surface area contributed by atoms with Crippen LogP contribution >= 0.6 is 0 Å². The van der Waals surface area contributed by atoms with Gasteiger partial charge in [-0.2, -0.15) is 0 Å². The fraction of sp³-hybridized carbons (Fsp3) is 0. The van der Waals surface area contributed by atoms with Crippen molar-refractivity contribution in [1.82, 2.24) is 9.97 Å². The molecule has 4 aromatic rings. The van der Waals surface area contributed by atoms with Gasteiger partial charge in [-0.1, -0.05) is 84.9 Å². The highest BCUT2D eigenvalue weighted by atomic mass is 14.9. The summed E-state index contributed by atoms with van der Waals surface area (Å²) in [6.45, 7) is 0. The van der Waals surface area contributed by atoms with E-state index in [1.165, 1.54) is 11.1 Å². The molecule has 0 saturated carbocycles. The van der Waals surface area contributed by atoms with Crippen LogP contribution in [-0.4, -0.2) is 9.97 Å². The first-order valence-electron chi connectivity index (χ1n) is 7.94. The molecular formula is C22H16N2. The maximum atomic E-state index is 4.70. The van der Waals surface area contributed by atoms with Crippen molar-refractivity contribution >= 4 is 0 Å². The molecule has 0 spiro atoms. The maximum Gasteiger partial charge on any atom is 0.159 e. The first-order valence-corrected chi connectivity index (χ1v) is 7.94. The Morgan fingerprint density at radius 1 is 0.458 bits per heavy atom. The van der Waals surface area contributed by atoms with Crippen molar-refractivity contribution in [3.8, 4) is 33.8 Å². The van der Waals surface area contributed by atoms with Crippen molar-refractivity contribution in [3.63, 3.8) is 0 Å². The minimum absolute atomic E-state index is 0.750. The predicted octanol–water partition coefficient (Wildman–Crippen LogP) is 5.48. The van der Waals surface area contributed by atoms with Gasteiger partial charge in [-0.3, -0.25) is 0 Å². The Morgan fingerprint density at radius 2 is 1.00 bits per heavy atom. The van der Waals surface area contributed by atoms with Crippen molar-refractivity contribution in [2.45, 2.75) is 0 Å². The lowest BCUT2D eigenvalue weighted by molar-refractivity contribution is 1.18. The fourth-order valence-corrected chi connectivity index (χ4v) is 2.71. The molecule has 0 aliphatic heterocycles. The van der Waals surface area contributed by atoms with Crippen molar-refractivity contribution < 1.29 is 0 Å². The summed E-state index contributed by atoms with van der Waals surface area (Å²) in [5, 5.41) is 0. The van der Waals surface area contributed by atoms with Crippen molar-refractivity contribution in [2.24, 2.45) is 0 Å². The van der Waals surface area contributed by atoms with Crippen LogP contribution in [0.4, 0.5) is 0 Å². The Bertz CT molecular complexity index is 930. The monoisotopic (exact) mass is 308 g/mol. The van der Waals surface area contributed by atoms with Gasteiger partial charge >= 0.3 is 0 Å². The minimum Gasteiger partial charge on any atom is -0.237 e. The standard InChI is InChI=1S/C22H16N2/c1-3-7-17(8-4-1)18-11-13-19(14-12-18)21-15-16-23-22(24-21)20-9-5-2-6-10-20/h1-16H. The zero-order valence-electron chi connectivity index (χ0n) is 13.1. The van der Waals surface area contributed by atoms with E-state index >= 15 is 0 Å². The molecule has 1 aromatic heterocycles. The third-order valence-corrected chi connectivity index (χ3v) is 3.98. The van der Waals surface area contributed by atoms with E-state index in [4.69, 9.17) is 4.98 Å². The van der Waals surface area contributed by atoms with Gasteiger partial charge < -0.3 is 0 Å². The molecule has 0 fully saturated rings. The summed E-state index contributed by atoms with van der Waals surface area (Å²) in [6, 6.07) is 30.9. The second-order valence-corrected chi connectivity index (χ2v) is 5.57. The third-order valence-electron chi connectivity index (χ3n) is 3.98. The molecule has 2 nitrogen and oxygen atoms in total. The van der Waals surface area contributed by atoms with Gasteiger partial charge in [-0.05, 0) is 17.2 Å². The van der Waals surface area contributed by atoms with Crippen LogP contribution in [0.15, 0.2) is 97.2 Å². The van der Waals surface area contributed by atoms with Gasteiger partial charge in [0.15, 0.2) is 5.82 Å². The summed E-state index contributed by atoms with van der Waals surface area (Å²) < 4.78 is 0. The van der Waals surface area contributed by atoms with Crippen LogP contribution in [0.25, 0.3) is 33.8 Å². The van der Waals surface area contributed by atoms with Crippen LogP contribution in [0.3, 0.4) is 0 Å². The average molecular weight is 308 g/mol.